The van der Waals surface area contributed by atoms with E-state index in [-0.39, 0.29) is 17.6 Å². The molecule has 1 N–H and O–H groups in total. The van der Waals surface area contributed by atoms with Gasteiger partial charge in [0, 0.05) is 28.2 Å². The van der Waals surface area contributed by atoms with Crippen molar-refractivity contribution in [1.29, 1.82) is 0 Å². The predicted molar refractivity (Wildman–Crippen MR) is 125 cm³/mol. The van der Waals surface area contributed by atoms with E-state index in [2.05, 4.69) is 25.6 Å². The van der Waals surface area contributed by atoms with Crippen LogP contribution in [0.4, 0.5) is 0 Å². The Labute approximate surface area is 199 Å². The molecule has 0 saturated carbocycles. The molecule has 1 amide bonds. The van der Waals surface area contributed by atoms with Crippen molar-refractivity contribution in [2.45, 2.75) is 23.9 Å². The third-order valence-electron chi connectivity index (χ3n) is 4.60. The SMILES string of the molecule is CC(NC(=O)c1nnn(-c2cc(Cl)cc(Cl)c2)c1CSc1ncccn1)c1ccccc1. The molecule has 4 aromatic rings. The van der Waals surface area contributed by atoms with Crippen LogP contribution in [0.25, 0.3) is 5.69 Å². The molecular formula is C22H18Cl2N6OS. The zero-order valence-electron chi connectivity index (χ0n) is 16.9. The van der Waals surface area contributed by atoms with Crippen molar-refractivity contribution in [3.63, 3.8) is 0 Å². The minimum atomic E-state index is -0.328. The van der Waals surface area contributed by atoms with E-state index in [9.17, 15) is 4.79 Å². The first kappa shape index (κ1) is 22.3. The fourth-order valence-corrected chi connectivity index (χ4v) is 4.37. The maximum atomic E-state index is 13.1. The maximum Gasteiger partial charge on any atom is 0.274 e. The molecule has 10 heteroatoms. The monoisotopic (exact) mass is 484 g/mol. The van der Waals surface area contributed by atoms with Gasteiger partial charge < -0.3 is 5.32 Å². The van der Waals surface area contributed by atoms with Crippen LogP contribution in [0, 0.1) is 0 Å². The van der Waals surface area contributed by atoms with Gasteiger partial charge in [-0.3, -0.25) is 4.79 Å². The van der Waals surface area contributed by atoms with E-state index >= 15 is 0 Å². The number of nitrogens with zero attached hydrogens (tertiary/aromatic N) is 5. The van der Waals surface area contributed by atoms with E-state index in [1.54, 1.807) is 41.3 Å². The fourth-order valence-electron chi connectivity index (χ4n) is 3.06. The van der Waals surface area contributed by atoms with Gasteiger partial charge in [-0.05, 0) is 36.8 Å². The number of rotatable bonds is 7. The third kappa shape index (κ3) is 5.27. The lowest BCUT2D eigenvalue weighted by atomic mass is 10.1. The summed E-state index contributed by atoms with van der Waals surface area (Å²) in [5.74, 6) is 0.0363. The molecule has 0 saturated heterocycles. The van der Waals surface area contributed by atoms with Crippen molar-refractivity contribution in [2.75, 3.05) is 0 Å². The molecule has 2 heterocycles. The standard InChI is InChI=1S/C22H18Cl2N6OS/c1-14(15-6-3-2-4-7-15)27-21(31)20-19(13-32-22-25-8-5-9-26-22)30(29-28-20)18-11-16(23)10-17(24)12-18/h2-12,14H,13H2,1H3,(H,27,31). The van der Waals surface area contributed by atoms with E-state index in [0.29, 0.717) is 32.3 Å². The number of carbonyl (C=O) groups is 1. The third-order valence-corrected chi connectivity index (χ3v) is 5.92. The molecule has 162 valence electrons. The summed E-state index contributed by atoms with van der Waals surface area (Å²) in [5.41, 5.74) is 2.39. The molecule has 7 nitrogen and oxygen atoms in total. The van der Waals surface area contributed by atoms with Gasteiger partial charge in [-0.2, -0.15) is 0 Å². The lowest BCUT2D eigenvalue weighted by Crippen LogP contribution is -2.28. The average molecular weight is 485 g/mol. The molecule has 1 unspecified atom stereocenters. The number of thioether (sulfide) groups is 1. The Morgan fingerprint density at radius 2 is 1.75 bits per heavy atom. The topological polar surface area (TPSA) is 85.6 Å². The van der Waals surface area contributed by atoms with Crippen molar-refractivity contribution in [2.24, 2.45) is 0 Å². The maximum absolute atomic E-state index is 13.1. The summed E-state index contributed by atoms with van der Waals surface area (Å²) in [6, 6.07) is 16.3. The number of hydrogen-bond donors (Lipinski definition) is 1. The summed E-state index contributed by atoms with van der Waals surface area (Å²) in [5, 5.41) is 12.9. The van der Waals surface area contributed by atoms with Gasteiger partial charge >= 0.3 is 0 Å². The van der Waals surface area contributed by atoms with Gasteiger partial charge in [-0.25, -0.2) is 14.6 Å². The minimum absolute atomic E-state index is 0.201. The first-order valence-corrected chi connectivity index (χ1v) is 11.4. The zero-order chi connectivity index (χ0) is 22.5. The van der Waals surface area contributed by atoms with Gasteiger partial charge in [0.05, 0.1) is 17.4 Å². The first-order valence-electron chi connectivity index (χ1n) is 9.68. The number of amides is 1. The van der Waals surface area contributed by atoms with Gasteiger partial charge in [-0.15, -0.1) is 5.10 Å². The van der Waals surface area contributed by atoms with Gasteiger partial charge in [0.1, 0.15) is 0 Å². The highest BCUT2D eigenvalue weighted by Crippen LogP contribution is 2.26. The second kappa shape index (κ2) is 10.1. The van der Waals surface area contributed by atoms with Gasteiger partial charge in [0.15, 0.2) is 10.9 Å². The fraction of sp³-hybridized carbons (Fsp3) is 0.136. The molecule has 32 heavy (non-hydrogen) atoms. The Hall–Kier alpha value is -2.94. The van der Waals surface area contributed by atoms with E-state index in [1.165, 1.54) is 11.8 Å². The summed E-state index contributed by atoms with van der Waals surface area (Å²) >= 11 is 13.7. The molecule has 0 aliphatic rings. The average Bonchev–Trinajstić information content (AvgIpc) is 3.22. The van der Waals surface area contributed by atoms with Crippen molar-refractivity contribution in [1.82, 2.24) is 30.3 Å². The van der Waals surface area contributed by atoms with Crippen LogP contribution in [0.5, 0.6) is 0 Å². The Balaban J connectivity index is 1.66. The zero-order valence-corrected chi connectivity index (χ0v) is 19.3. The summed E-state index contributed by atoms with van der Waals surface area (Å²) < 4.78 is 1.57. The lowest BCUT2D eigenvalue weighted by Gasteiger charge is -2.14. The molecule has 2 aromatic heterocycles. The molecule has 0 aliphatic carbocycles. The molecule has 2 aromatic carbocycles. The molecule has 0 bridgehead atoms. The summed E-state index contributed by atoms with van der Waals surface area (Å²) in [6.07, 6.45) is 3.33. The van der Waals surface area contributed by atoms with Gasteiger partial charge in [0.25, 0.3) is 5.91 Å². The highest BCUT2D eigenvalue weighted by molar-refractivity contribution is 7.98. The van der Waals surface area contributed by atoms with Crippen LogP contribution in [-0.4, -0.2) is 30.9 Å². The van der Waals surface area contributed by atoms with Crippen LogP contribution in [0.3, 0.4) is 0 Å². The number of carbonyl (C=O) groups excluding carboxylic acids is 1. The van der Waals surface area contributed by atoms with Crippen LogP contribution >= 0.6 is 35.0 Å². The molecular weight excluding hydrogens is 467 g/mol. The highest BCUT2D eigenvalue weighted by atomic mass is 35.5. The molecule has 1 atom stereocenters. The van der Waals surface area contributed by atoms with Crippen LogP contribution < -0.4 is 5.32 Å². The summed E-state index contributed by atoms with van der Waals surface area (Å²) in [6.45, 7) is 1.92. The van der Waals surface area contributed by atoms with Crippen molar-refractivity contribution < 1.29 is 4.79 Å². The Morgan fingerprint density at radius 3 is 2.44 bits per heavy atom. The van der Waals surface area contributed by atoms with E-state index in [1.807, 2.05) is 37.3 Å². The largest absolute Gasteiger partial charge is 0.344 e. The van der Waals surface area contributed by atoms with Crippen LogP contribution in [0.2, 0.25) is 10.0 Å². The lowest BCUT2D eigenvalue weighted by molar-refractivity contribution is 0.0934. The molecule has 0 spiro atoms. The Bertz CT molecular complexity index is 1200. The summed E-state index contributed by atoms with van der Waals surface area (Å²) in [4.78, 5) is 21.6. The van der Waals surface area contributed by atoms with E-state index < -0.39 is 0 Å². The highest BCUT2D eigenvalue weighted by Gasteiger charge is 2.23. The number of benzene rings is 2. The Morgan fingerprint density at radius 1 is 1.06 bits per heavy atom. The smallest absolute Gasteiger partial charge is 0.274 e. The number of aromatic nitrogens is 5. The second-order valence-electron chi connectivity index (χ2n) is 6.85. The van der Waals surface area contributed by atoms with Crippen LogP contribution in [0.15, 0.2) is 72.1 Å². The van der Waals surface area contributed by atoms with Crippen LogP contribution in [-0.2, 0) is 5.75 Å². The second-order valence-corrected chi connectivity index (χ2v) is 8.67. The van der Waals surface area contributed by atoms with Crippen molar-refractivity contribution >= 4 is 40.9 Å². The number of hydrogen-bond acceptors (Lipinski definition) is 6. The van der Waals surface area contributed by atoms with E-state index in [4.69, 9.17) is 23.2 Å². The van der Waals surface area contributed by atoms with Gasteiger partial charge in [-0.1, -0.05) is 70.5 Å². The predicted octanol–water partition coefficient (Wildman–Crippen LogP) is 5.15. The minimum Gasteiger partial charge on any atom is -0.344 e. The molecule has 0 radical (unpaired) electrons. The molecule has 4 rings (SSSR count). The van der Waals surface area contributed by atoms with Crippen molar-refractivity contribution in [3.05, 3.63) is 94.0 Å². The quantitative estimate of drug-likeness (QED) is 0.288. The van der Waals surface area contributed by atoms with E-state index in [0.717, 1.165) is 5.56 Å². The number of nitrogens with one attached hydrogen (secondary N) is 1. The Kier molecular flexibility index (Phi) is 7.04. The normalized spacial score (nSPS) is 11.8. The van der Waals surface area contributed by atoms with Gasteiger partial charge in [0.2, 0.25) is 0 Å². The molecule has 0 fully saturated rings. The van der Waals surface area contributed by atoms with Crippen LogP contribution in [0.1, 0.15) is 34.7 Å². The first-order chi connectivity index (χ1) is 15.5. The number of halogens is 2. The van der Waals surface area contributed by atoms with Crippen molar-refractivity contribution in [3.8, 4) is 5.69 Å². The summed E-state index contributed by atoms with van der Waals surface area (Å²) in [7, 11) is 0. The molecule has 0 aliphatic heterocycles.